The minimum Gasteiger partial charge on any atom is -0.335 e. The summed E-state index contributed by atoms with van der Waals surface area (Å²) in [5.74, 6) is -1.18. The van der Waals surface area contributed by atoms with Crippen molar-refractivity contribution in [2.45, 2.75) is 31.8 Å². The molecular formula is C21H22F2N2O. The Balaban J connectivity index is 1.74. The Morgan fingerprint density at radius 2 is 2.00 bits per heavy atom. The molecule has 5 heteroatoms. The van der Waals surface area contributed by atoms with Crippen LogP contribution in [0.3, 0.4) is 0 Å². The normalized spacial score (nSPS) is 18.3. The van der Waals surface area contributed by atoms with Crippen molar-refractivity contribution in [3.8, 4) is 11.1 Å². The Labute approximate surface area is 152 Å². The minimum atomic E-state index is -0.595. The third-order valence-electron chi connectivity index (χ3n) is 4.86. The minimum absolute atomic E-state index is 0.0794. The average Bonchev–Trinajstić information content (AvgIpc) is 2.62. The van der Waals surface area contributed by atoms with Crippen LogP contribution >= 0.6 is 0 Å². The van der Waals surface area contributed by atoms with E-state index in [0.717, 1.165) is 24.5 Å². The van der Waals surface area contributed by atoms with Gasteiger partial charge in [0.1, 0.15) is 11.6 Å². The van der Waals surface area contributed by atoms with Gasteiger partial charge in [-0.15, -0.1) is 6.58 Å². The molecule has 0 spiro atoms. The van der Waals surface area contributed by atoms with E-state index in [1.54, 1.807) is 17.0 Å². The van der Waals surface area contributed by atoms with Gasteiger partial charge in [0.05, 0.1) is 6.04 Å². The number of hydrogen-bond donors (Lipinski definition) is 1. The van der Waals surface area contributed by atoms with E-state index in [0.29, 0.717) is 17.7 Å². The first-order chi connectivity index (χ1) is 12.5. The van der Waals surface area contributed by atoms with Crippen molar-refractivity contribution in [1.82, 2.24) is 10.2 Å². The van der Waals surface area contributed by atoms with Gasteiger partial charge in [0.15, 0.2) is 0 Å². The van der Waals surface area contributed by atoms with Gasteiger partial charge in [0.2, 0.25) is 0 Å². The second-order valence-corrected chi connectivity index (χ2v) is 6.58. The second kappa shape index (κ2) is 7.68. The third kappa shape index (κ3) is 3.77. The molecule has 2 amide bonds. The molecule has 3 rings (SSSR count). The van der Waals surface area contributed by atoms with Crippen LogP contribution in [0.4, 0.5) is 13.6 Å². The molecule has 0 aliphatic carbocycles. The zero-order valence-corrected chi connectivity index (χ0v) is 14.7. The van der Waals surface area contributed by atoms with E-state index in [9.17, 15) is 13.6 Å². The van der Waals surface area contributed by atoms with Crippen molar-refractivity contribution in [3.63, 3.8) is 0 Å². The molecule has 0 bridgehead atoms. The monoisotopic (exact) mass is 356 g/mol. The van der Waals surface area contributed by atoms with Crippen molar-refractivity contribution >= 4 is 6.03 Å². The van der Waals surface area contributed by atoms with Crippen LogP contribution in [0, 0.1) is 11.6 Å². The molecule has 2 unspecified atom stereocenters. The molecule has 0 saturated carbocycles. The van der Waals surface area contributed by atoms with Gasteiger partial charge < -0.3 is 10.2 Å². The molecule has 1 fully saturated rings. The highest BCUT2D eigenvalue weighted by atomic mass is 19.1. The average molecular weight is 356 g/mol. The Kier molecular flexibility index (Phi) is 5.35. The summed E-state index contributed by atoms with van der Waals surface area (Å²) in [6, 6.07) is 10.9. The predicted molar refractivity (Wildman–Crippen MR) is 98.7 cm³/mol. The van der Waals surface area contributed by atoms with E-state index >= 15 is 0 Å². The fourth-order valence-corrected chi connectivity index (χ4v) is 3.32. The molecule has 1 heterocycles. The fourth-order valence-electron chi connectivity index (χ4n) is 3.32. The molecule has 0 aromatic heterocycles. The van der Waals surface area contributed by atoms with E-state index < -0.39 is 11.6 Å². The lowest BCUT2D eigenvalue weighted by Gasteiger charge is -2.36. The van der Waals surface area contributed by atoms with Crippen molar-refractivity contribution < 1.29 is 13.6 Å². The van der Waals surface area contributed by atoms with Crippen molar-refractivity contribution in [2.24, 2.45) is 0 Å². The zero-order chi connectivity index (χ0) is 18.7. The van der Waals surface area contributed by atoms with Gasteiger partial charge >= 0.3 is 6.03 Å². The van der Waals surface area contributed by atoms with Gasteiger partial charge in [-0.1, -0.05) is 30.3 Å². The van der Waals surface area contributed by atoms with Gasteiger partial charge in [0, 0.05) is 24.2 Å². The zero-order valence-electron chi connectivity index (χ0n) is 14.7. The largest absolute Gasteiger partial charge is 0.335 e. The Hall–Kier alpha value is -2.69. The van der Waals surface area contributed by atoms with Crippen LogP contribution in [-0.4, -0.2) is 23.5 Å². The molecule has 1 aliphatic heterocycles. The number of urea groups is 1. The Morgan fingerprint density at radius 3 is 2.62 bits per heavy atom. The van der Waals surface area contributed by atoms with Gasteiger partial charge in [-0.3, -0.25) is 0 Å². The molecular weight excluding hydrogens is 334 g/mol. The smallest absolute Gasteiger partial charge is 0.318 e. The summed E-state index contributed by atoms with van der Waals surface area (Å²) in [6.45, 7) is 6.37. The molecule has 136 valence electrons. The Bertz CT molecular complexity index is 804. The molecule has 1 N–H and O–H groups in total. The molecule has 2 atom stereocenters. The lowest BCUT2D eigenvalue weighted by Crippen LogP contribution is -2.52. The molecule has 2 aromatic rings. The van der Waals surface area contributed by atoms with Gasteiger partial charge in [0.25, 0.3) is 0 Å². The molecule has 0 radical (unpaired) electrons. The first-order valence-electron chi connectivity index (χ1n) is 8.73. The SMILES string of the molecule is C=CCC1CCN(C(C)c2ccc(-c3ccc(F)cc3F)cc2)C(=O)N1. The van der Waals surface area contributed by atoms with E-state index in [1.807, 2.05) is 25.1 Å². The predicted octanol–water partition coefficient (Wildman–Crippen LogP) is 5.05. The number of carbonyl (C=O) groups excluding carboxylic acids is 1. The summed E-state index contributed by atoms with van der Waals surface area (Å²) in [5, 5.41) is 3.00. The highest BCUT2D eigenvalue weighted by Gasteiger charge is 2.28. The molecule has 2 aromatic carbocycles. The van der Waals surface area contributed by atoms with Crippen LogP contribution in [-0.2, 0) is 0 Å². The summed E-state index contributed by atoms with van der Waals surface area (Å²) < 4.78 is 27.0. The number of carbonyl (C=O) groups is 1. The maximum atomic E-state index is 13.9. The Morgan fingerprint density at radius 1 is 1.27 bits per heavy atom. The summed E-state index contributed by atoms with van der Waals surface area (Å²) in [5.41, 5.74) is 2.00. The first kappa shape index (κ1) is 18.1. The topological polar surface area (TPSA) is 32.3 Å². The van der Waals surface area contributed by atoms with E-state index in [1.165, 1.54) is 12.1 Å². The number of halogens is 2. The number of benzene rings is 2. The first-order valence-corrected chi connectivity index (χ1v) is 8.73. The number of hydrogen-bond acceptors (Lipinski definition) is 1. The highest BCUT2D eigenvalue weighted by Crippen LogP contribution is 2.28. The van der Waals surface area contributed by atoms with Crippen LogP contribution in [0.5, 0.6) is 0 Å². The van der Waals surface area contributed by atoms with E-state index in [2.05, 4.69) is 11.9 Å². The summed E-state index contributed by atoms with van der Waals surface area (Å²) >= 11 is 0. The number of nitrogens with zero attached hydrogens (tertiary/aromatic N) is 1. The second-order valence-electron chi connectivity index (χ2n) is 6.58. The highest BCUT2D eigenvalue weighted by molar-refractivity contribution is 5.76. The quantitative estimate of drug-likeness (QED) is 0.747. The summed E-state index contributed by atoms with van der Waals surface area (Å²) in [7, 11) is 0. The van der Waals surface area contributed by atoms with E-state index in [-0.39, 0.29) is 18.1 Å². The van der Waals surface area contributed by atoms with Gasteiger partial charge in [-0.05, 0) is 43.0 Å². The number of nitrogens with one attached hydrogen (secondary N) is 1. The van der Waals surface area contributed by atoms with Crippen LogP contribution in [0.1, 0.15) is 31.4 Å². The maximum absolute atomic E-state index is 13.9. The maximum Gasteiger partial charge on any atom is 0.318 e. The van der Waals surface area contributed by atoms with E-state index in [4.69, 9.17) is 0 Å². The molecule has 1 saturated heterocycles. The van der Waals surface area contributed by atoms with Gasteiger partial charge in [-0.25, -0.2) is 13.6 Å². The summed E-state index contributed by atoms with van der Waals surface area (Å²) in [4.78, 5) is 14.2. The molecule has 1 aliphatic rings. The lowest BCUT2D eigenvalue weighted by atomic mass is 9.99. The summed E-state index contributed by atoms with van der Waals surface area (Å²) in [6.07, 6.45) is 3.46. The van der Waals surface area contributed by atoms with Crippen molar-refractivity contribution in [2.75, 3.05) is 6.54 Å². The van der Waals surface area contributed by atoms with Crippen LogP contribution < -0.4 is 5.32 Å². The van der Waals surface area contributed by atoms with Crippen LogP contribution in [0.2, 0.25) is 0 Å². The van der Waals surface area contributed by atoms with Crippen LogP contribution in [0.15, 0.2) is 55.1 Å². The number of rotatable bonds is 5. The lowest BCUT2D eigenvalue weighted by molar-refractivity contribution is 0.154. The third-order valence-corrected chi connectivity index (χ3v) is 4.86. The molecule has 26 heavy (non-hydrogen) atoms. The fraction of sp³-hybridized carbons (Fsp3) is 0.286. The van der Waals surface area contributed by atoms with Crippen LogP contribution in [0.25, 0.3) is 11.1 Å². The molecule has 3 nitrogen and oxygen atoms in total. The standard InChI is InChI=1S/C21H22F2N2O/c1-3-4-18-11-12-25(21(26)24-18)14(2)15-5-7-16(8-6-15)19-10-9-17(22)13-20(19)23/h3,5-10,13-14,18H,1,4,11-12H2,2H3,(H,24,26). The van der Waals surface area contributed by atoms with Crippen molar-refractivity contribution in [1.29, 1.82) is 0 Å². The number of amides is 2. The van der Waals surface area contributed by atoms with Gasteiger partial charge in [-0.2, -0.15) is 0 Å². The van der Waals surface area contributed by atoms with Crippen molar-refractivity contribution in [3.05, 3.63) is 72.3 Å².